The fraction of sp³-hybridized carbons (Fsp3) is 0.0476. The second kappa shape index (κ2) is 9.80. The number of benzene rings is 3. The van der Waals surface area contributed by atoms with E-state index in [4.69, 9.17) is 4.74 Å². The number of hydrazone groups is 1. The summed E-state index contributed by atoms with van der Waals surface area (Å²) in [7, 11) is 0. The van der Waals surface area contributed by atoms with Gasteiger partial charge in [0.1, 0.15) is 18.1 Å². The third-order valence-corrected chi connectivity index (χ3v) is 4.27. The number of amides is 1. The molecule has 0 heterocycles. The van der Waals surface area contributed by atoms with Gasteiger partial charge in [-0.2, -0.15) is 5.10 Å². The van der Waals surface area contributed by atoms with E-state index in [0.717, 1.165) is 23.8 Å². The molecule has 11 nitrogen and oxygen atoms in total. The van der Waals surface area contributed by atoms with Gasteiger partial charge in [-0.25, -0.2) is 5.43 Å². The summed E-state index contributed by atoms with van der Waals surface area (Å²) in [6, 6.07) is 15.8. The first-order valence-corrected chi connectivity index (χ1v) is 9.11. The van der Waals surface area contributed by atoms with Gasteiger partial charge in [0.05, 0.1) is 21.6 Å². The number of nitro benzene ring substituents is 2. The lowest BCUT2D eigenvalue weighted by Crippen LogP contribution is -2.18. The van der Waals surface area contributed by atoms with Crippen molar-refractivity contribution >= 4 is 23.5 Å². The first-order valence-electron chi connectivity index (χ1n) is 9.11. The molecule has 3 aromatic carbocycles. The average molecular weight is 436 g/mol. The molecule has 162 valence electrons. The van der Waals surface area contributed by atoms with Crippen molar-refractivity contribution in [1.82, 2.24) is 5.43 Å². The lowest BCUT2D eigenvalue weighted by molar-refractivity contribution is -0.385. The molecular weight excluding hydrogens is 420 g/mol. The summed E-state index contributed by atoms with van der Waals surface area (Å²) >= 11 is 0. The van der Waals surface area contributed by atoms with Gasteiger partial charge in [0, 0.05) is 29.8 Å². The predicted molar refractivity (Wildman–Crippen MR) is 114 cm³/mol. The Morgan fingerprint density at radius 2 is 1.66 bits per heavy atom. The van der Waals surface area contributed by atoms with Crippen molar-refractivity contribution in [3.05, 3.63) is 104 Å². The molecule has 0 aromatic heterocycles. The Morgan fingerprint density at radius 3 is 2.34 bits per heavy atom. The number of nitro groups is 2. The molecule has 0 aliphatic rings. The van der Waals surface area contributed by atoms with Crippen LogP contribution in [0.15, 0.2) is 71.8 Å². The minimum absolute atomic E-state index is 0.0215. The standard InChI is InChI=1S/C21H16N4O7/c26-19-10-9-17(25(30)31)11-18(19)21(27)23-22-12-15-3-1-2-4-20(15)32-13-14-5-7-16(8-6-14)24(28)29/h1-12,26H,13H2,(H,23,27)/b22-12+. The summed E-state index contributed by atoms with van der Waals surface area (Å²) in [5, 5.41) is 35.2. The van der Waals surface area contributed by atoms with E-state index in [0.29, 0.717) is 11.3 Å². The lowest BCUT2D eigenvalue weighted by Gasteiger charge is -2.09. The topological polar surface area (TPSA) is 157 Å². The number of hydrogen-bond donors (Lipinski definition) is 2. The molecule has 0 aliphatic heterocycles. The van der Waals surface area contributed by atoms with Crippen LogP contribution in [0.1, 0.15) is 21.5 Å². The minimum atomic E-state index is -0.827. The number of non-ortho nitro benzene ring substituents is 2. The normalized spacial score (nSPS) is 10.6. The Bertz CT molecular complexity index is 1190. The van der Waals surface area contributed by atoms with Crippen molar-refractivity contribution in [2.24, 2.45) is 5.10 Å². The number of phenolic OH excluding ortho intramolecular Hbond substituents is 1. The molecule has 0 saturated carbocycles. The van der Waals surface area contributed by atoms with Gasteiger partial charge in [0.25, 0.3) is 17.3 Å². The van der Waals surface area contributed by atoms with E-state index in [-0.39, 0.29) is 23.5 Å². The van der Waals surface area contributed by atoms with E-state index in [2.05, 4.69) is 10.5 Å². The number of nitrogens with zero attached hydrogens (tertiary/aromatic N) is 3. The van der Waals surface area contributed by atoms with Crippen LogP contribution in [-0.2, 0) is 6.61 Å². The average Bonchev–Trinajstić information content (AvgIpc) is 2.78. The van der Waals surface area contributed by atoms with Crippen LogP contribution in [0.5, 0.6) is 11.5 Å². The Morgan fingerprint density at radius 1 is 1.00 bits per heavy atom. The second-order valence-corrected chi connectivity index (χ2v) is 6.41. The van der Waals surface area contributed by atoms with E-state index >= 15 is 0 Å². The molecular formula is C21H16N4O7. The van der Waals surface area contributed by atoms with Crippen LogP contribution in [0.2, 0.25) is 0 Å². The molecule has 3 aromatic rings. The van der Waals surface area contributed by atoms with Crippen molar-refractivity contribution in [3.8, 4) is 11.5 Å². The van der Waals surface area contributed by atoms with Gasteiger partial charge in [-0.1, -0.05) is 12.1 Å². The molecule has 0 atom stereocenters. The van der Waals surface area contributed by atoms with Gasteiger partial charge in [-0.3, -0.25) is 25.0 Å². The molecule has 0 radical (unpaired) electrons. The van der Waals surface area contributed by atoms with Crippen LogP contribution < -0.4 is 10.2 Å². The summed E-state index contributed by atoms with van der Waals surface area (Å²) in [6.07, 6.45) is 1.32. The second-order valence-electron chi connectivity index (χ2n) is 6.41. The zero-order valence-corrected chi connectivity index (χ0v) is 16.4. The number of carbonyl (C=O) groups is 1. The SMILES string of the molecule is O=C(N/N=C/c1ccccc1OCc1ccc([N+](=O)[O-])cc1)c1cc([N+](=O)[O-])ccc1O. The molecule has 1 amide bonds. The summed E-state index contributed by atoms with van der Waals surface area (Å²) in [5.74, 6) is -0.802. The van der Waals surface area contributed by atoms with Gasteiger partial charge in [-0.15, -0.1) is 0 Å². The summed E-state index contributed by atoms with van der Waals surface area (Å²) in [5.41, 5.74) is 2.79. The molecule has 0 saturated heterocycles. The molecule has 0 fully saturated rings. The zero-order chi connectivity index (χ0) is 23.1. The van der Waals surface area contributed by atoms with Crippen molar-refractivity contribution in [3.63, 3.8) is 0 Å². The van der Waals surface area contributed by atoms with Crippen LogP contribution >= 0.6 is 0 Å². The monoisotopic (exact) mass is 436 g/mol. The Labute approximate surface area is 180 Å². The largest absolute Gasteiger partial charge is 0.507 e. The highest BCUT2D eigenvalue weighted by Crippen LogP contribution is 2.23. The van der Waals surface area contributed by atoms with Crippen LogP contribution in [-0.4, -0.2) is 27.1 Å². The van der Waals surface area contributed by atoms with Crippen molar-refractivity contribution in [2.75, 3.05) is 0 Å². The number of nitrogens with one attached hydrogen (secondary N) is 1. The van der Waals surface area contributed by atoms with Crippen LogP contribution in [0.4, 0.5) is 11.4 Å². The fourth-order valence-corrected chi connectivity index (χ4v) is 2.63. The number of phenols is 1. The van der Waals surface area contributed by atoms with E-state index in [9.17, 15) is 30.1 Å². The maximum atomic E-state index is 12.2. The van der Waals surface area contributed by atoms with Crippen LogP contribution in [0.3, 0.4) is 0 Å². The summed E-state index contributed by atoms with van der Waals surface area (Å²) in [6.45, 7) is 0.150. The minimum Gasteiger partial charge on any atom is -0.507 e. The number of para-hydroxylation sites is 1. The molecule has 2 N–H and O–H groups in total. The Balaban J connectivity index is 1.67. The van der Waals surface area contributed by atoms with Gasteiger partial charge in [0.15, 0.2) is 0 Å². The molecule has 11 heteroatoms. The fourth-order valence-electron chi connectivity index (χ4n) is 2.63. The molecule has 0 bridgehead atoms. The van der Waals surface area contributed by atoms with Crippen LogP contribution in [0.25, 0.3) is 0 Å². The highest BCUT2D eigenvalue weighted by molar-refractivity contribution is 5.98. The lowest BCUT2D eigenvalue weighted by atomic mass is 10.1. The molecule has 0 aliphatic carbocycles. The van der Waals surface area contributed by atoms with Crippen molar-refractivity contribution < 1.29 is 24.5 Å². The summed E-state index contributed by atoms with van der Waals surface area (Å²) in [4.78, 5) is 32.6. The third-order valence-electron chi connectivity index (χ3n) is 4.27. The first kappa shape index (κ1) is 21.9. The van der Waals surface area contributed by atoms with E-state index in [1.807, 2.05) is 0 Å². The number of hydrogen-bond acceptors (Lipinski definition) is 8. The maximum absolute atomic E-state index is 12.2. The van der Waals surface area contributed by atoms with Gasteiger partial charge >= 0.3 is 0 Å². The highest BCUT2D eigenvalue weighted by Gasteiger charge is 2.16. The highest BCUT2D eigenvalue weighted by atomic mass is 16.6. The van der Waals surface area contributed by atoms with Gasteiger partial charge < -0.3 is 9.84 Å². The number of ether oxygens (including phenoxy) is 1. The first-order chi connectivity index (χ1) is 15.3. The predicted octanol–water partition coefficient (Wildman–Crippen LogP) is 3.55. The van der Waals surface area contributed by atoms with Gasteiger partial charge in [0.2, 0.25) is 0 Å². The Hall–Kier alpha value is -4.80. The van der Waals surface area contributed by atoms with Crippen molar-refractivity contribution in [1.29, 1.82) is 0 Å². The molecule has 0 spiro atoms. The molecule has 32 heavy (non-hydrogen) atoms. The number of carbonyl (C=O) groups excluding carboxylic acids is 1. The number of aromatic hydroxyl groups is 1. The van der Waals surface area contributed by atoms with Crippen molar-refractivity contribution in [2.45, 2.75) is 6.61 Å². The Kier molecular flexibility index (Phi) is 6.71. The van der Waals surface area contributed by atoms with Gasteiger partial charge in [-0.05, 0) is 35.9 Å². The summed E-state index contributed by atoms with van der Waals surface area (Å²) < 4.78 is 5.74. The number of rotatable bonds is 8. The third kappa shape index (κ3) is 5.42. The molecule has 0 unspecified atom stereocenters. The zero-order valence-electron chi connectivity index (χ0n) is 16.4. The maximum Gasteiger partial charge on any atom is 0.275 e. The van der Waals surface area contributed by atoms with E-state index < -0.39 is 21.5 Å². The molecule has 3 rings (SSSR count). The van der Waals surface area contributed by atoms with E-state index in [1.165, 1.54) is 18.3 Å². The smallest absolute Gasteiger partial charge is 0.275 e. The van der Waals surface area contributed by atoms with Crippen LogP contribution in [0, 0.1) is 20.2 Å². The quantitative estimate of drug-likeness (QED) is 0.310. The van der Waals surface area contributed by atoms with E-state index in [1.54, 1.807) is 36.4 Å².